The monoisotopic (exact) mass is 501 g/mol. The SMILES string of the molecule is Cc1ccc(C(=O)N(CC(=O)N2CCNCC2)Cc2cc(F)cc(F)c2)cc1.O=C(O)C(F)(F)F. The maximum atomic E-state index is 13.6. The second-order valence-electron chi connectivity index (χ2n) is 7.74. The highest BCUT2D eigenvalue weighted by molar-refractivity contribution is 5.96. The summed E-state index contributed by atoms with van der Waals surface area (Å²) >= 11 is 0. The number of aryl methyl sites for hydroxylation is 1. The maximum Gasteiger partial charge on any atom is 0.490 e. The van der Waals surface area contributed by atoms with Crippen LogP contribution in [0.15, 0.2) is 42.5 Å². The molecule has 2 N–H and O–H groups in total. The molecule has 1 aliphatic heterocycles. The molecule has 0 atom stereocenters. The fourth-order valence-corrected chi connectivity index (χ4v) is 3.18. The van der Waals surface area contributed by atoms with Gasteiger partial charge in [-0.2, -0.15) is 13.2 Å². The molecule has 0 unspecified atom stereocenters. The summed E-state index contributed by atoms with van der Waals surface area (Å²) in [5.41, 5.74) is 1.73. The summed E-state index contributed by atoms with van der Waals surface area (Å²) in [6.07, 6.45) is -5.08. The van der Waals surface area contributed by atoms with Crippen LogP contribution >= 0.6 is 0 Å². The van der Waals surface area contributed by atoms with E-state index in [1.807, 2.05) is 19.1 Å². The van der Waals surface area contributed by atoms with Gasteiger partial charge in [0.2, 0.25) is 5.91 Å². The molecule has 0 aromatic heterocycles. The third-order valence-corrected chi connectivity index (χ3v) is 4.92. The van der Waals surface area contributed by atoms with Crippen molar-refractivity contribution in [3.8, 4) is 0 Å². The summed E-state index contributed by atoms with van der Waals surface area (Å²) < 4.78 is 58.9. The number of carboxylic acid groups (broad SMARTS) is 1. The number of hydrogen-bond donors (Lipinski definition) is 2. The Bertz CT molecular complexity index is 1020. The van der Waals surface area contributed by atoms with E-state index in [1.54, 1.807) is 17.0 Å². The van der Waals surface area contributed by atoms with E-state index in [-0.39, 0.29) is 24.9 Å². The molecule has 0 radical (unpaired) electrons. The van der Waals surface area contributed by atoms with Gasteiger partial charge in [-0.05, 0) is 36.8 Å². The zero-order chi connectivity index (χ0) is 26.2. The van der Waals surface area contributed by atoms with Crippen molar-refractivity contribution in [1.82, 2.24) is 15.1 Å². The van der Waals surface area contributed by atoms with Crippen LogP contribution in [0.25, 0.3) is 0 Å². The number of aliphatic carboxylic acids is 1. The lowest BCUT2D eigenvalue weighted by molar-refractivity contribution is -0.192. The molecule has 7 nitrogen and oxygen atoms in total. The molecule has 0 aliphatic carbocycles. The second-order valence-corrected chi connectivity index (χ2v) is 7.74. The Morgan fingerprint density at radius 3 is 2.00 bits per heavy atom. The van der Waals surface area contributed by atoms with E-state index in [1.165, 1.54) is 17.0 Å². The zero-order valence-corrected chi connectivity index (χ0v) is 18.7. The molecule has 2 aromatic carbocycles. The lowest BCUT2D eigenvalue weighted by Gasteiger charge is -2.30. The Morgan fingerprint density at radius 2 is 1.51 bits per heavy atom. The van der Waals surface area contributed by atoms with Crippen LogP contribution in [0.4, 0.5) is 22.0 Å². The quantitative estimate of drug-likeness (QED) is 0.615. The molecule has 0 saturated carbocycles. The Labute approximate surface area is 198 Å². The van der Waals surface area contributed by atoms with Crippen molar-refractivity contribution < 1.29 is 41.4 Å². The third-order valence-electron chi connectivity index (χ3n) is 4.92. The number of carbonyl (C=O) groups is 3. The topological polar surface area (TPSA) is 90.0 Å². The molecule has 0 spiro atoms. The Kier molecular flexibility index (Phi) is 9.69. The smallest absolute Gasteiger partial charge is 0.475 e. The Hall–Kier alpha value is -3.54. The zero-order valence-electron chi connectivity index (χ0n) is 18.7. The van der Waals surface area contributed by atoms with Crippen molar-refractivity contribution >= 4 is 17.8 Å². The average Bonchev–Trinajstić information content (AvgIpc) is 2.78. The molecule has 1 saturated heterocycles. The molecule has 12 heteroatoms. The van der Waals surface area contributed by atoms with Gasteiger partial charge in [0.1, 0.15) is 18.2 Å². The van der Waals surface area contributed by atoms with E-state index in [0.29, 0.717) is 37.3 Å². The van der Waals surface area contributed by atoms with Crippen LogP contribution in [0.3, 0.4) is 0 Å². The van der Waals surface area contributed by atoms with Gasteiger partial charge in [0.05, 0.1) is 0 Å². The van der Waals surface area contributed by atoms with Gasteiger partial charge in [0.15, 0.2) is 0 Å². The van der Waals surface area contributed by atoms with E-state index in [0.717, 1.165) is 11.6 Å². The van der Waals surface area contributed by atoms with Crippen LogP contribution in [0.1, 0.15) is 21.5 Å². The molecule has 2 aromatic rings. The second kappa shape index (κ2) is 12.2. The normalized spacial score (nSPS) is 13.5. The number of carboxylic acids is 1. The highest BCUT2D eigenvalue weighted by atomic mass is 19.4. The van der Waals surface area contributed by atoms with Crippen molar-refractivity contribution in [2.75, 3.05) is 32.7 Å². The first-order valence-electron chi connectivity index (χ1n) is 10.5. The summed E-state index contributed by atoms with van der Waals surface area (Å²) in [6, 6.07) is 10.1. The minimum atomic E-state index is -5.08. The first-order valence-corrected chi connectivity index (χ1v) is 10.5. The molecule has 0 bridgehead atoms. The summed E-state index contributed by atoms with van der Waals surface area (Å²) in [5, 5.41) is 10.3. The molecule has 35 heavy (non-hydrogen) atoms. The summed E-state index contributed by atoms with van der Waals surface area (Å²) in [4.78, 5) is 37.6. The van der Waals surface area contributed by atoms with Gasteiger partial charge in [-0.25, -0.2) is 13.6 Å². The van der Waals surface area contributed by atoms with Gasteiger partial charge in [-0.3, -0.25) is 9.59 Å². The van der Waals surface area contributed by atoms with Crippen LogP contribution in [0.5, 0.6) is 0 Å². The highest BCUT2D eigenvalue weighted by Crippen LogP contribution is 2.15. The summed E-state index contributed by atoms with van der Waals surface area (Å²) in [6.45, 7) is 4.25. The summed E-state index contributed by atoms with van der Waals surface area (Å²) in [5.74, 6) is -4.73. The van der Waals surface area contributed by atoms with Crippen LogP contribution in [-0.2, 0) is 16.1 Å². The van der Waals surface area contributed by atoms with Gasteiger partial charge in [-0.15, -0.1) is 0 Å². The number of amides is 2. The minimum absolute atomic E-state index is 0.0563. The third kappa shape index (κ3) is 8.96. The first-order chi connectivity index (χ1) is 16.4. The minimum Gasteiger partial charge on any atom is -0.475 e. The van der Waals surface area contributed by atoms with Crippen molar-refractivity contribution in [1.29, 1.82) is 0 Å². The van der Waals surface area contributed by atoms with E-state index in [2.05, 4.69) is 5.32 Å². The molecule has 3 rings (SSSR count). The number of benzene rings is 2. The van der Waals surface area contributed by atoms with E-state index in [9.17, 15) is 31.5 Å². The number of alkyl halides is 3. The molecule has 1 heterocycles. The number of nitrogens with one attached hydrogen (secondary N) is 1. The van der Waals surface area contributed by atoms with Crippen molar-refractivity contribution in [3.05, 3.63) is 70.8 Å². The van der Waals surface area contributed by atoms with Crippen LogP contribution in [-0.4, -0.2) is 71.6 Å². The Morgan fingerprint density at radius 1 is 1.00 bits per heavy atom. The molecule has 1 aliphatic rings. The van der Waals surface area contributed by atoms with Gasteiger partial charge >= 0.3 is 12.1 Å². The fourth-order valence-electron chi connectivity index (χ4n) is 3.18. The van der Waals surface area contributed by atoms with Gasteiger partial charge in [0, 0.05) is 44.4 Å². The average molecular weight is 501 g/mol. The van der Waals surface area contributed by atoms with E-state index < -0.39 is 23.8 Å². The predicted octanol–water partition coefficient (Wildman–Crippen LogP) is 2.98. The Balaban J connectivity index is 0.000000540. The van der Waals surface area contributed by atoms with Crippen molar-refractivity contribution in [3.63, 3.8) is 0 Å². The fraction of sp³-hybridized carbons (Fsp3) is 0.348. The molecule has 2 amide bonds. The lowest BCUT2D eigenvalue weighted by atomic mass is 10.1. The van der Waals surface area contributed by atoms with Crippen molar-refractivity contribution in [2.45, 2.75) is 19.6 Å². The predicted molar refractivity (Wildman–Crippen MR) is 115 cm³/mol. The summed E-state index contributed by atoms with van der Waals surface area (Å²) in [7, 11) is 0. The number of carbonyl (C=O) groups excluding carboxylic acids is 2. The number of rotatable bonds is 5. The number of piperazine rings is 1. The van der Waals surface area contributed by atoms with E-state index in [4.69, 9.17) is 9.90 Å². The van der Waals surface area contributed by atoms with Gasteiger partial charge in [0.25, 0.3) is 5.91 Å². The number of halogens is 5. The molecular formula is C23H24F5N3O4. The lowest BCUT2D eigenvalue weighted by Crippen LogP contribution is -2.50. The van der Waals surface area contributed by atoms with Crippen molar-refractivity contribution in [2.24, 2.45) is 0 Å². The van der Waals surface area contributed by atoms with E-state index >= 15 is 0 Å². The number of nitrogens with zero attached hydrogens (tertiary/aromatic N) is 2. The van der Waals surface area contributed by atoms with Crippen LogP contribution < -0.4 is 5.32 Å². The largest absolute Gasteiger partial charge is 0.490 e. The molecule has 1 fully saturated rings. The maximum absolute atomic E-state index is 13.6. The van der Waals surface area contributed by atoms with Crippen LogP contribution in [0, 0.1) is 18.6 Å². The van der Waals surface area contributed by atoms with Gasteiger partial charge in [-0.1, -0.05) is 17.7 Å². The first kappa shape index (κ1) is 27.7. The number of hydrogen-bond acceptors (Lipinski definition) is 4. The van der Waals surface area contributed by atoms with Crippen LogP contribution in [0.2, 0.25) is 0 Å². The standard InChI is InChI=1S/C21H23F2N3O2.C2HF3O2/c1-15-2-4-17(5-3-15)21(28)26(13-16-10-18(22)12-19(23)11-16)14-20(27)25-8-6-24-7-9-25;3-2(4,5)1(6)7/h2-5,10-12,24H,6-9,13-14H2,1H3;(H,6,7). The molecule has 190 valence electrons. The van der Waals surface area contributed by atoms with Gasteiger partial charge < -0.3 is 20.2 Å². The molecular weight excluding hydrogens is 477 g/mol. The highest BCUT2D eigenvalue weighted by Gasteiger charge is 2.38.